The predicted molar refractivity (Wildman–Crippen MR) is 388 cm³/mol. The van der Waals surface area contributed by atoms with Crippen LogP contribution < -0.4 is 5.32 Å². The monoisotopic (exact) mass is 1340 g/mol. The molecule has 0 saturated carbocycles. The van der Waals surface area contributed by atoms with Gasteiger partial charge in [-0.3, -0.25) is 4.79 Å². The number of nitrogens with one attached hydrogen (secondary N) is 1. The zero-order valence-electron chi connectivity index (χ0n) is 61.0. The molecule has 0 aromatic heterocycles. The first-order valence-corrected chi connectivity index (χ1v) is 40.6. The summed E-state index contributed by atoms with van der Waals surface area (Å²) in [6.45, 7) is 2.87. The lowest BCUT2D eigenvalue weighted by atomic mass is 9.97. The minimum absolute atomic E-state index is 0.230. The van der Waals surface area contributed by atoms with E-state index in [-0.39, 0.29) is 18.9 Å². The highest BCUT2D eigenvalue weighted by atomic mass is 16.7. The Kier molecular flexibility index (Phi) is 61.1. The molecular weight excluding hydrogens is 1180 g/mol. The van der Waals surface area contributed by atoms with Gasteiger partial charge in [-0.1, -0.05) is 359 Å². The Morgan fingerprint density at radius 1 is 0.372 bits per heavy atom. The van der Waals surface area contributed by atoms with Crippen molar-refractivity contribution in [3.8, 4) is 0 Å². The van der Waals surface area contributed by atoms with E-state index in [1.165, 1.54) is 321 Å². The van der Waals surface area contributed by atoms with E-state index in [1.54, 1.807) is 6.08 Å². The van der Waals surface area contributed by atoms with Crippen molar-refractivity contribution in [2.45, 2.75) is 460 Å². The van der Waals surface area contributed by atoms with Crippen LogP contribution in [0.3, 0.4) is 0 Å². The summed E-state index contributed by atoms with van der Waals surface area (Å²) in [7, 11) is 0. The van der Waals surface area contributed by atoms with Gasteiger partial charge >= 0.3 is 0 Å². The van der Waals surface area contributed by atoms with Crippen LogP contribution in [0.25, 0.3) is 0 Å². The van der Waals surface area contributed by atoms with Crippen molar-refractivity contribution in [1.29, 1.82) is 0 Å². The van der Waals surface area contributed by atoms with E-state index >= 15 is 0 Å². The summed E-state index contributed by atoms with van der Waals surface area (Å²) >= 11 is 0. The average Bonchev–Trinajstić information content (AvgIpc) is 0.794. The molecule has 1 amide bonds. The van der Waals surface area contributed by atoms with Crippen LogP contribution in [0, 0.1) is 0 Å². The number of hydrogen-bond acceptors (Lipinski definition) is 13. The van der Waals surface area contributed by atoms with Crippen molar-refractivity contribution in [1.82, 2.24) is 5.32 Å². The summed E-state index contributed by atoms with van der Waals surface area (Å²) < 4.78 is 22.9. The number of carbonyl (C=O) groups is 1. The lowest BCUT2D eigenvalue weighted by molar-refractivity contribution is -0.359. The van der Waals surface area contributed by atoms with Gasteiger partial charge in [0.2, 0.25) is 5.91 Å². The molecule has 0 aromatic rings. The van der Waals surface area contributed by atoms with Crippen molar-refractivity contribution >= 4 is 5.91 Å². The second-order valence-electron chi connectivity index (χ2n) is 28.9. The molecule has 9 N–H and O–H groups in total. The molecule has 14 nitrogen and oxygen atoms in total. The summed E-state index contributed by atoms with van der Waals surface area (Å²) in [5.74, 6) is -0.230. The number of aliphatic hydroxyl groups excluding tert-OH is 8. The van der Waals surface area contributed by atoms with Crippen LogP contribution in [0.5, 0.6) is 0 Å². The Bertz CT molecular complexity index is 1670. The van der Waals surface area contributed by atoms with Crippen molar-refractivity contribution in [2.75, 3.05) is 19.8 Å². The van der Waals surface area contributed by atoms with E-state index in [1.807, 2.05) is 6.08 Å². The molecule has 0 spiro atoms. The van der Waals surface area contributed by atoms with Crippen LogP contribution in [-0.4, -0.2) is 140 Å². The number of amides is 1. The van der Waals surface area contributed by atoms with Gasteiger partial charge in [0.25, 0.3) is 0 Å². The molecule has 2 fully saturated rings. The summed E-state index contributed by atoms with van der Waals surface area (Å²) in [6.07, 6.45) is 67.0. The fourth-order valence-corrected chi connectivity index (χ4v) is 13.7. The van der Waals surface area contributed by atoms with Gasteiger partial charge in [-0.25, -0.2) is 0 Å². The number of unbranched alkanes of at least 4 members (excludes halogenated alkanes) is 54. The molecule has 2 aliphatic rings. The van der Waals surface area contributed by atoms with Crippen molar-refractivity contribution in [3.05, 3.63) is 24.3 Å². The zero-order valence-corrected chi connectivity index (χ0v) is 61.0. The molecule has 14 heteroatoms. The van der Waals surface area contributed by atoms with Crippen LogP contribution in [0.15, 0.2) is 24.3 Å². The van der Waals surface area contributed by atoms with E-state index in [4.69, 9.17) is 18.9 Å². The zero-order chi connectivity index (χ0) is 68.0. The predicted octanol–water partition coefficient (Wildman–Crippen LogP) is 18.3. The van der Waals surface area contributed by atoms with Crippen molar-refractivity contribution in [3.63, 3.8) is 0 Å². The van der Waals surface area contributed by atoms with Crippen molar-refractivity contribution in [2.24, 2.45) is 0 Å². The van der Waals surface area contributed by atoms with Gasteiger partial charge in [0, 0.05) is 6.42 Å². The van der Waals surface area contributed by atoms with E-state index in [9.17, 15) is 45.6 Å². The van der Waals surface area contributed by atoms with Gasteiger partial charge in [-0.05, 0) is 44.9 Å². The van der Waals surface area contributed by atoms with Gasteiger partial charge in [0.05, 0.1) is 32.0 Å². The summed E-state index contributed by atoms with van der Waals surface area (Å²) in [5.41, 5.74) is 0. The van der Waals surface area contributed by atoms with Gasteiger partial charge in [0.1, 0.15) is 48.8 Å². The van der Waals surface area contributed by atoms with Crippen LogP contribution in [0.2, 0.25) is 0 Å². The maximum atomic E-state index is 13.4. The highest BCUT2D eigenvalue weighted by Crippen LogP contribution is 2.30. The topological polar surface area (TPSA) is 228 Å². The molecule has 0 bridgehead atoms. The maximum Gasteiger partial charge on any atom is 0.220 e. The number of carbonyl (C=O) groups excluding carboxylic acids is 1. The fraction of sp³-hybridized carbons (Fsp3) is 0.938. The molecule has 2 heterocycles. The molecule has 2 aliphatic heterocycles. The number of ether oxygens (including phenoxy) is 4. The van der Waals surface area contributed by atoms with E-state index in [0.717, 1.165) is 38.5 Å². The van der Waals surface area contributed by atoms with Crippen LogP contribution in [0.4, 0.5) is 0 Å². The SMILES string of the molecule is CCCCCCCCCC/C=C\CCCCCCCCCCCCCCCCCCCCCCCCCCCC(=O)NC(COC1OC(CO)C(OC2OC(CO)C(O)C(O)C2O)C(O)C1O)C(O)/C=C/CCCCCCCCCCCCCCCCCCCCCCC. The Morgan fingerprint density at radius 3 is 1.01 bits per heavy atom. The Balaban J connectivity index is 1.58. The first kappa shape index (κ1) is 88.6. The normalized spacial score (nSPS) is 22.5. The quantitative estimate of drug-likeness (QED) is 0.0204. The van der Waals surface area contributed by atoms with Crippen LogP contribution >= 0.6 is 0 Å². The summed E-state index contributed by atoms with van der Waals surface area (Å²) in [6, 6.07) is -0.913. The Morgan fingerprint density at radius 2 is 0.670 bits per heavy atom. The molecule has 2 saturated heterocycles. The minimum atomic E-state index is -1.79. The highest BCUT2D eigenvalue weighted by Gasteiger charge is 2.51. The first-order valence-electron chi connectivity index (χ1n) is 40.6. The Hall–Kier alpha value is -1.53. The van der Waals surface area contributed by atoms with E-state index in [0.29, 0.717) is 6.42 Å². The van der Waals surface area contributed by atoms with Gasteiger partial charge in [-0.2, -0.15) is 0 Å². The van der Waals surface area contributed by atoms with Crippen LogP contribution in [0.1, 0.15) is 386 Å². The average molecular weight is 1340 g/mol. The van der Waals surface area contributed by atoms with Crippen molar-refractivity contribution < 1.29 is 64.6 Å². The molecule has 0 aliphatic carbocycles. The fourth-order valence-electron chi connectivity index (χ4n) is 13.7. The standard InChI is InChI=1S/C80H153NO13/c1-3-5-7-9-11-13-15-17-19-21-23-25-27-28-29-30-31-32-33-34-35-36-37-38-39-40-42-44-46-48-50-52-54-56-58-60-62-64-72(85)81-68(67-91-79-77(90)75(88)78(71(66-83)93-79)94-80-76(89)74(87)73(86)70(65-82)92-80)69(84)63-61-59-57-55-53-51-49-47-45-43-41-26-24-22-20-18-16-14-12-10-8-6-4-2/h21,23,61,63,68-71,73-80,82-84,86-90H,3-20,22,24-60,62,64-67H2,1-2H3,(H,81,85)/b23-21-,63-61+. The Labute approximate surface area is 577 Å². The molecule has 12 atom stereocenters. The third-order valence-electron chi connectivity index (χ3n) is 20.1. The van der Waals surface area contributed by atoms with E-state index in [2.05, 4.69) is 31.3 Å². The van der Waals surface area contributed by atoms with Gasteiger partial charge < -0.3 is 65.1 Å². The van der Waals surface area contributed by atoms with E-state index < -0.39 is 86.8 Å². The maximum absolute atomic E-state index is 13.4. The summed E-state index contributed by atoms with van der Waals surface area (Å²) in [4.78, 5) is 13.4. The molecule has 556 valence electrons. The van der Waals surface area contributed by atoms with Gasteiger partial charge in [-0.15, -0.1) is 0 Å². The van der Waals surface area contributed by atoms with Crippen LogP contribution in [-0.2, 0) is 23.7 Å². The second kappa shape index (κ2) is 64.8. The largest absolute Gasteiger partial charge is 0.394 e. The molecule has 0 radical (unpaired) electrons. The van der Waals surface area contributed by atoms with Gasteiger partial charge in [0.15, 0.2) is 12.6 Å². The molecule has 12 unspecified atom stereocenters. The second-order valence-corrected chi connectivity index (χ2v) is 28.9. The molecular formula is C80H153NO13. The number of allylic oxidation sites excluding steroid dienone is 3. The first-order chi connectivity index (χ1) is 46.1. The smallest absolute Gasteiger partial charge is 0.220 e. The lowest BCUT2D eigenvalue weighted by Gasteiger charge is -2.46. The number of hydrogen-bond donors (Lipinski definition) is 9. The highest BCUT2D eigenvalue weighted by molar-refractivity contribution is 5.76. The minimum Gasteiger partial charge on any atom is -0.394 e. The molecule has 94 heavy (non-hydrogen) atoms. The third-order valence-corrected chi connectivity index (χ3v) is 20.1. The lowest BCUT2D eigenvalue weighted by Crippen LogP contribution is -2.65. The summed E-state index contributed by atoms with van der Waals surface area (Å²) in [5, 5.41) is 87.6. The third kappa shape index (κ3) is 47.5. The molecule has 2 rings (SSSR count). The number of rotatable bonds is 69. The molecule has 0 aromatic carbocycles. The number of aliphatic hydroxyl groups is 8.